The standard InChI is InChI=1S/C33H46N4O6/c1-7-11-24(28(38)30(40)34-14-8-2)35-29(39)27-25-23(33(25,5)6)17-37(27)31(41)26(36-32(42)43-18-19(3)4)22-15-20-12-9-10-13-21(20)16-22/h8-10,12-13,19,22-27H,2,7,11,14-18H2,1,3-6H3,(H,34,40)(H,35,39)(H,36,42)/t23?,24?,25?,26-,27-/m0/s1. The number of ether oxygens (including phenoxy) is 1. The van der Waals surface area contributed by atoms with Gasteiger partial charge < -0.3 is 25.6 Å². The topological polar surface area (TPSA) is 134 Å². The second-order valence-electron chi connectivity index (χ2n) is 13.2. The molecule has 1 heterocycles. The van der Waals surface area contributed by atoms with E-state index in [0.717, 1.165) is 11.1 Å². The Labute approximate surface area is 254 Å². The van der Waals surface area contributed by atoms with E-state index < -0.39 is 41.8 Å². The predicted molar refractivity (Wildman–Crippen MR) is 162 cm³/mol. The van der Waals surface area contributed by atoms with Crippen molar-refractivity contribution in [1.29, 1.82) is 0 Å². The highest BCUT2D eigenvalue weighted by molar-refractivity contribution is 6.38. The molecule has 4 amide bonds. The molecule has 4 rings (SSSR count). The molecule has 3 unspecified atom stereocenters. The molecule has 1 aliphatic heterocycles. The number of ketones is 1. The second-order valence-corrected chi connectivity index (χ2v) is 13.2. The zero-order valence-corrected chi connectivity index (χ0v) is 26.0. The molecular formula is C33H46N4O6. The van der Waals surface area contributed by atoms with E-state index in [1.54, 1.807) is 4.90 Å². The Hall–Kier alpha value is -3.69. The summed E-state index contributed by atoms with van der Waals surface area (Å²) >= 11 is 0. The van der Waals surface area contributed by atoms with E-state index in [2.05, 4.69) is 36.4 Å². The molecule has 1 saturated carbocycles. The molecule has 5 atom stereocenters. The van der Waals surface area contributed by atoms with E-state index in [9.17, 15) is 24.0 Å². The van der Waals surface area contributed by atoms with Crippen LogP contribution in [0.3, 0.4) is 0 Å². The maximum absolute atomic E-state index is 14.4. The van der Waals surface area contributed by atoms with E-state index in [0.29, 0.717) is 25.8 Å². The van der Waals surface area contributed by atoms with Crippen LogP contribution < -0.4 is 16.0 Å². The van der Waals surface area contributed by atoms with Crippen molar-refractivity contribution in [2.45, 2.75) is 78.4 Å². The first-order valence-corrected chi connectivity index (χ1v) is 15.4. The van der Waals surface area contributed by atoms with Gasteiger partial charge in [0.05, 0.1) is 12.6 Å². The monoisotopic (exact) mass is 594 g/mol. The minimum atomic E-state index is -1.01. The molecule has 0 aromatic heterocycles. The van der Waals surface area contributed by atoms with Crippen LogP contribution >= 0.6 is 0 Å². The number of fused-ring (bicyclic) bond motifs is 2. The highest BCUT2D eigenvalue weighted by Gasteiger charge is 2.69. The maximum Gasteiger partial charge on any atom is 0.407 e. The van der Waals surface area contributed by atoms with E-state index in [1.165, 1.54) is 6.08 Å². The first kappa shape index (κ1) is 32.2. The number of Topliss-reactive ketones (excluding diaryl/α,β-unsaturated/α-hetero) is 1. The fourth-order valence-corrected chi connectivity index (χ4v) is 6.84. The molecule has 43 heavy (non-hydrogen) atoms. The van der Waals surface area contributed by atoms with Crippen molar-refractivity contribution < 1.29 is 28.7 Å². The van der Waals surface area contributed by atoms with Crippen molar-refractivity contribution in [3.05, 3.63) is 48.0 Å². The number of rotatable bonds is 13. The van der Waals surface area contributed by atoms with Crippen LogP contribution in [0, 0.1) is 29.1 Å². The zero-order chi connectivity index (χ0) is 31.5. The van der Waals surface area contributed by atoms with Crippen molar-refractivity contribution in [1.82, 2.24) is 20.9 Å². The fraction of sp³-hybridized carbons (Fsp3) is 0.606. The van der Waals surface area contributed by atoms with Gasteiger partial charge in [-0.1, -0.05) is 71.4 Å². The first-order valence-electron chi connectivity index (χ1n) is 15.4. The third-order valence-electron chi connectivity index (χ3n) is 9.24. The lowest BCUT2D eigenvalue weighted by molar-refractivity contribution is -0.144. The van der Waals surface area contributed by atoms with E-state index in [4.69, 9.17) is 4.74 Å². The van der Waals surface area contributed by atoms with Gasteiger partial charge in [-0.3, -0.25) is 19.2 Å². The Morgan fingerprint density at radius 2 is 1.74 bits per heavy atom. The van der Waals surface area contributed by atoms with Gasteiger partial charge in [-0.05, 0) is 59.5 Å². The summed E-state index contributed by atoms with van der Waals surface area (Å²) in [7, 11) is 0. The number of benzene rings is 1. The van der Waals surface area contributed by atoms with Gasteiger partial charge in [-0.2, -0.15) is 0 Å². The van der Waals surface area contributed by atoms with Crippen LogP contribution in [0.25, 0.3) is 0 Å². The van der Waals surface area contributed by atoms with Crippen LogP contribution in [0.1, 0.15) is 58.6 Å². The molecule has 1 saturated heterocycles. The molecule has 0 spiro atoms. The van der Waals surface area contributed by atoms with Crippen molar-refractivity contribution in [2.24, 2.45) is 29.1 Å². The number of carbonyl (C=O) groups is 5. The van der Waals surface area contributed by atoms with Gasteiger partial charge in [0.15, 0.2) is 0 Å². The van der Waals surface area contributed by atoms with Crippen LogP contribution in [0.4, 0.5) is 4.79 Å². The SMILES string of the molecule is C=CCNC(=O)C(=O)C(CCC)NC(=O)[C@@H]1C2C(CN1C(=O)[C@@H](NC(=O)OCC(C)C)C1Cc3ccccc3C1)C2(C)C. The first-order chi connectivity index (χ1) is 20.4. The van der Waals surface area contributed by atoms with Crippen molar-refractivity contribution in [3.63, 3.8) is 0 Å². The maximum atomic E-state index is 14.4. The summed E-state index contributed by atoms with van der Waals surface area (Å²) in [4.78, 5) is 68.1. The van der Waals surface area contributed by atoms with Crippen LogP contribution in [0.2, 0.25) is 0 Å². The lowest BCUT2D eigenvalue weighted by atomic mass is 9.93. The number of carbonyl (C=O) groups excluding carboxylic acids is 5. The average Bonchev–Trinajstić information content (AvgIpc) is 3.34. The molecular weight excluding hydrogens is 548 g/mol. The zero-order valence-electron chi connectivity index (χ0n) is 26.0. The molecule has 234 valence electrons. The number of hydrogen-bond donors (Lipinski definition) is 3. The molecule has 1 aromatic rings. The normalized spacial score (nSPS) is 23.0. The Kier molecular flexibility index (Phi) is 9.97. The summed E-state index contributed by atoms with van der Waals surface area (Å²) in [6, 6.07) is 5.28. The van der Waals surface area contributed by atoms with Gasteiger partial charge in [-0.15, -0.1) is 6.58 Å². The summed E-state index contributed by atoms with van der Waals surface area (Å²) in [6.45, 7) is 14.2. The van der Waals surface area contributed by atoms with Gasteiger partial charge in [-0.25, -0.2) is 4.79 Å². The molecule has 3 N–H and O–H groups in total. The summed E-state index contributed by atoms with van der Waals surface area (Å²) in [5.41, 5.74) is 2.11. The third kappa shape index (κ3) is 6.94. The lowest BCUT2D eigenvalue weighted by Crippen LogP contribution is -2.59. The largest absolute Gasteiger partial charge is 0.449 e. The third-order valence-corrected chi connectivity index (χ3v) is 9.24. The van der Waals surface area contributed by atoms with Crippen molar-refractivity contribution in [3.8, 4) is 0 Å². The Morgan fingerprint density at radius 1 is 1.09 bits per heavy atom. The molecule has 0 radical (unpaired) electrons. The molecule has 2 fully saturated rings. The number of alkyl carbamates (subject to hydrolysis) is 1. The molecule has 2 aliphatic carbocycles. The van der Waals surface area contributed by atoms with E-state index >= 15 is 0 Å². The van der Waals surface area contributed by atoms with Crippen LogP contribution in [-0.2, 0) is 36.8 Å². The van der Waals surface area contributed by atoms with Gasteiger partial charge in [0.2, 0.25) is 17.6 Å². The second kappa shape index (κ2) is 13.3. The van der Waals surface area contributed by atoms with Gasteiger partial charge in [0.25, 0.3) is 5.91 Å². The number of nitrogens with zero attached hydrogens (tertiary/aromatic N) is 1. The van der Waals surface area contributed by atoms with Crippen LogP contribution in [0.15, 0.2) is 36.9 Å². The predicted octanol–water partition coefficient (Wildman–Crippen LogP) is 2.79. The summed E-state index contributed by atoms with van der Waals surface area (Å²) in [6.07, 6.45) is 2.91. The van der Waals surface area contributed by atoms with Gasteiger partial charge >= 0.3 is 6.09 Å². The highest BCUT2D eigenvalue weighted by Crippen LogP contribution is 2.65. The smallest absolute Gasteiger partial charge is 0.407 e. The van der Waals surface area contributed by atoms with Crippen molar-refractivity contribution in [2.75, 3.05) is 19.7 Å². The molecule has 10 heteroatoms. The van der Waals surface area contributed by atoms with Crippen LogP contribution in [0.5, 0.6) is 0 Å². The minimum absolute atomic E-state index is 0.0993. The van der Waals surface area contributed by atoms with Gasteiger partial charge in [0, 0.05) is 13.1 Å². The average molecular weight is 595 g/mol. The molecule has 1 aromatic carbocycles. The number of piperidine rings is 1. The fourth-order valence-electron chi connectivity index (χ4n) is 6.84. The van der Waals surface area contributed by atoms with Crippen molar-refractivity contribution >= 4 is 29.6 Å². The lowest BCUT2D eigenvalue weighted by Gasteiger charge is -2.35. The minimum Gasteiger partial charge on any atom is -0.449 e. The molecule has 10 nitrogen and oxygen atoms in total. The molecule has 0 bridgehead atoms. The quantitative estimate of drug-likeness (QED) is 0.238. The number of hydrogen-bond acceptors (Lipinski definition) is 6. The number of amides is 4. The number of nitrogens with one attached hydrogen (secondary N) is 3. The van der Waals surface area contributed by atoms with E-state index in [-0.39, 0.29) is 54.6 Å². The van der Waals surface area contributed by atoms with Crippen LogP contribution in [-0.4, -0.2) is 72.3 Å². The Balaban J connectivity index is 1.57. The summed E-state index contributed by atoms with van der Waals surface area (Å²) in [5.74, 6) is -2.35. The van der Waals surface area contributed by atoms with E-state index in [1.807, 2.05) is 45.0 Å². The summed E-state index contributed by atoms with van der Waals surface area (Å²) < 4.78 is 5.40. The molecule has 3 aliphatic rings. The Morgan fingerprint density at radius 3 is 2.33 bits per heavy atom. The summed E-state index contributed by atoms with van der Waals surface area (Å²) in [5, 5.41) is 8.15. The Bertz CT molecular complexity index is 1230. The highest BCUT2D eigenvalue weighted by atomic mass is 16.5. The van der Waals surface area contributed by atoms with Gasteiger partial charge in [0.1, 0.15) is 12.1 Å². The number of likely N-dealkylation sites (tertiary alicyclic amines) is 1.